The molecule has 0 aliphatic carbocycles. The standard InChI is InChI=1S/C17H14FNO3/c1-12(20)19-15-7-9-16(10-8-15)22-17(21)11-4-13-2-5-14(18)6-3-13/h2-11H,1H3,(H,19,20). The van der Waals surface area contributed by atoms with Crippen molar-refractivity contribution in [3.05, 3.63) is 66.0 Å². The van der Waals surface area contributed by atoms with Crippen LogP contribution in [0, 0.1) is 5.82 Å². The molecule has 1 amide bonds. The van der Waals surface area contributed by atoms with E-state index in [-0.39, 0.29) is 11.7 Å². The van der Waals surface area contributed by atoms with Gasteiger partial charge < -0.3 is 10.1 Å². The van der Waals surface area contributed by atoms with Crippen molar-refractivity contribution in [3.63, 3.8) is 0 Å². The van der Waals surface area contributed by atoms with Gasteiger partial charge >= 0.3 is 5.97 Å². The van der Waals surface area contributed by atoms with Crippen molar-refractivity contribution in [1.29, 1.82) is 0 Å². The van der Waals surface area contributed by atoms with Crippen LogP contribution in [-0.4, -0.2) is 11.9 Å². The molecule has 2 aromatic carbocycles. The monoisotopic (exact) mass is 299 g/mol. The fraction of sp³-hybridized carbons (Fsp3) is 0.0588. The molecule has 2 rings (SSSR count). The highest BCUT2D eigenvalue weighted by Crippen LogP contribution is 2.16. The van der Waals surface area contributed by atoms with Crippen molar-refractivity contribution >= 4 is 23.6 Å². The van der Waals surface area contributed by atoms with Gasteiger partial charge in [0.15, 0.2) is 0 Å². The van der Waals surface area contributed by atoms with E-state index in [1.54, 1.807) is 36.4 Å². The van der Waals surface area contributed by atoms with E-state index < -0.39 is 5.97 Å². The van der Waals surface area contributed by atoms with E-state index in [0.29, 0.717) is 17.0 Å². The number of benzene rings is 2. The Kier molecular flexibility index (Phi) is 5.03. The Morgan fingerprint density at radius 2 is 1.68 bits per heavy atom. The van der Waals surface area contributed by atoms with Crippen molar-refractivity contribution in [2.75, 3.05) is 5.32 Å². The van der Waals surface area contributed by atoms with E-state index in [1.807, 2.05) is 0 Å². The summed E-state index contributed by atoms with van der Waals surface area (Å²) in [5, 5.41) is 2.61. The fourth-order valence-electron chi connectivity index (χ4n) is 1.70. The summed E-state index contributed by atoms with van der Waals surface area (Å²) in [7, 11) is 0. The average molecular weight is 299 g/mol. The first-order valence-corrected chi connectivity index (χ1v) is 6.56. The van der Waals surface area contributed by atoms with Crippen molar-refractivity contribution < 1.29 is 18.7 Å². The number of carbonyl (C=O) groups excluding carboxylic acids is 2. The number of amides is 1. The van der Waals surface area contributed by atoms with Crippen molar-refractivity contribution in [1.82, 2.24) is 0 Å². The molecule has 0 aromatic heterocycles. The second-order valence-electron chi connectivity index (χ2n) is 4.51. The predicted molar refractivity (Wildman–Crippen MR) is 81.8 cm³/mol. The quantitative estimate of drug-likeness (QED) is 0.535. The minimum atomic E-state index is -0.545. The number of hydrogen-bond acceptors (Lipinski definition) is 3. The molecule has 2 aromatic rings. The molecule has 0 aliphatic rings. The number of anilines is 1. The van der Waals surface area contributed by atoms with Gasteiger partial charge in [-0.05, 0) is 48.0 Å². The van der Waals surface area contributed by atoms with Crippen LogP contribution in [0.15, 0.2) is 54.6 Å². The van der Waals surface area contributed by atoms with Gasteiger partial charge in [-0.2, -0.15) is 0 Å². The van der Waals surface area contributed by atoms with Crippen LogP contribution in [0.3, 0.4) is 0 Å². The summed E-state index contributed by atoms with van der Waals surface area (Å²) in [6, 6.07) is 12.2. The molecule has 0 bridgehead atoms. The molecule has 0 radical (unpaired) electrons. The lowest BCUT2D eigenvalue weighted by Gasteiger charge is -2.04. The lowest BCUT2D eigenvalue weighted by molar-refractivity contribution is -0.128. The zero-order valence-electron chi connectivity index (χ0n) is 11.9. The molecule has 5 heteroatoms. The summed E-state index contributed by atoms with van der Waals surface area (Å²) in [4.78, 5) is 22.6. The minimum absolute atomic E-state index is 0.174. The van der Waals surface area contributed by atoms with E-state index in [4.69, 9.17) is 4.74 Å². The summed E-state index contributed by atoms with van der Waals surface area (Å²) >= 11 is 0. The van der Waals surface area contributed by atoms with Crippen molar-refractivity contribution in [3.8, 4) is 5.75 Å². The zero-order valence-corrected chi connectivity index (χ0v) is 11.9. The first-order chi connectivity index (χ1) is 10.5. The van der Waals surface area contributed by atoms with Gasteiger partial charge in [-0.3, -0.25) is 4.79 Å². The van der Waals surface area contributed by atoms with Gasteiger partial charge in [-0.15, -0.1) is 0 Å². The maximum absolute atomic E-state index is 12.7. The van der Waals surface area contributed by atoms with Gasteiger partial charge in [0, 0.05) is 18.7 Å². The Morgan fingerprint density at radius 1 is 1.05 bits per heavy atom. The fourth-order valence-corrected chi connectivity index (χ4v) is 1.70. The summed E-state index contributed by atoms with van der Waals surface area (Å²) in [6.07, 6.45) is 2.79. The third-order valence-corrected chi connectivity index (χ3v) is 2.67. The van der Waals surface area contributed by atoms with Crippen LogP contribution in [0.1, 0.15) is 12.5 Å². The van der Waals surface area contributed by atoms with Gasteiger partial charge in [-0.25, -0.2) is 9.18 Å². The SMILES string of the molecule is CC(=O)Nc1ccc(OC(=O)C=Cc2ccc(F)cc2)cc1. The molecular weight excluding hydrogens is 285 g/mol. The summed E-state index contributed by atoms with van der Waals surface area (Å²) in [5.41, 5.74) is 1.31. The zero-order chi connectivity index (χ0) is 15.9. The number of ether oxygens (including phenoxy) is 1. The number of rotatable bonds is 4. The number of nitrogens with one attached hydrogen (secondary N) is 1. The van der Waals surface area contributed by atoms with Crippen molar-refractivity contribution in [2.45, 2.75) is 6.92 Å². The van der Waals surface area contributed by atoms with E-state index in [1.165, 1.54) is 31.2 Å². The third-order valence-electron chi connectivity index (χ3n) is 2.67. The second-order valence-corrected chi connectivity index (χ2v) is 4.51. The smallest absolute Gasteiger partial charge is 0.336 e. The Morgan fingerprint density at radius 3 is 2.27 bits per heavy atom. The molecule has 0 unspecified atom stereocenters. The Hall–Kier alpha value is -2.95. The molecule has 0 atom stereocenters. The van der Waals surface area contributed by atoms with E-state index in [0.717, 1.165) is 0 Å². The molecule has 4 nitrogen and oxygen atoms in total. The molecular formula is C17H14FNO3. The number of esters is 1. The van der Waals surface area contributed by atoms with Crippen molar-refractivity contribution in [2.24, 2.45) is 0 Å². The molecule has 0 fully saturated rings. The van der Waals surface area contributed by atoms with Gasteiger partial charge in [0.05, 0.1) is 0 Å². The van der Waals surface area contributed by atoms with Crippen LogP contribution >= 0.6 is 0 Å². The predicted octanol–water partition coefficient (Wildman–Crippen LogP) is 3.40. The van der Waals surface area contributed by atoms with Gasteiger partial charge in [0.25, 0.3) is 0 Å². The van der Waals surface area contributed by atoms with E-state index >= 15 is 0 Å². The minimum Gasteiger partial charge on any atom is -0.423 e. The topological polar surface area (TPSA) is 55.4 Å². The Bertz CT molecular complexity index is 691. The molecule has 112 valence electrons. The second kappa shape index (κ2) is 7.17. The Balaban J connectivity index is 1.94. The summed E-state index contributed by atoms with van der Waals surface area (Å²) in [5.74, 6) is -0.689. The average Bonchev–Trinajstić information content (AvgIpc) is 2.48. The van der Waals surface area contributed by atoms with Gasteiger partial charge in [0.1, 0.15) is 11.6 Å². The first-order valence-electron chi connectivity index (χ1n) is 6.56. The summed E-state index contributed by atoms with van der Waals surface area (Å²) in [6.45, 7) is 1.41. The Labute approximate surface area is 127 Å². The molecule has 0 saturated carbocycles. The molecule has 22 heavy (non-hydrogen) atoms. The van der Waals surface area contributed by atoms with Crippen LogP contribution in [-0.2, 0) is 9.59 Å². The third kappa shape index (κ3) is 4.86. The lowest BCUT2D eigenvalue weighted by Crippen LogP contribution is -2.06. The molecule has 0 heterocycles. The van der Waals surface area contributed by atoms with E-state index in [2.05, 4.69) is 5.32 Å². The lowest BCUT2D eigenvalue weighted by atomic mass is 10.2. The van der Waals surface area contributed by atoms with Crippen LogP contribution in [0.4, 0.5) is 10.1 Å². The van der Waals surface area contributed by atoms with E-state index in [9.17, 15) is 14.0 Å². The number of hydrogen-bond donors (Lipinski definition) is 1. The van der Waals surface area contributed by atoms with Crippen LogP contribution < -0.4 is 10.1 Å². The summed E-state index contributed by atoms with van der Waals surface area (Å²) < 4.78 is 17.9. The van der Waals surface area contributed by atoms with Crippen LogP contribution in [0.2, 0.25) is 0 Å². The largest absolute Gasteiger partial charge is 0.423 e. The molecule has 1 N–H and O–H groups in total. The highest BCUT2D eigenvalue weighted by Gasteiger charge is 2.01. The molecule has 0 saturated heterocycles. The maximum atomic E-state index is 12.7. The highest BCUT2D eigenvalue weighted by atomic mass is 19.1. The normalized spacial score (nSPS) is 10.5. The number of carbonyl (C=O) groups is 2. The maximum Gasteiger partial charge on any atom is 0.336 e. The van der Waals surface area contributed by atoms with Gasteiger partial charge in [0.2, 0.25) is 5.91 Å². The highest BCUT2D eigenvalue weighted by molar-refractivity contribution is 5.90. The van der Waals surface area contributed by atoms with Crippen LogP contribution in [0.25, 0.3) is 6.08 Å². The van der Waals surface area contributed by atoms with Gasteiger partial charge in [-0.1, -0.05) is 12.1 Å². The van der Waals surface area contributed by atoms with Crippen LogP contribution in [0.5, 0.6) is 5.75 Å². The number of halogens is 1. The molecule has 0 spiro atoms. The molecule has 0 aliphatic heterocycles. The first kappa shape index (κ1) is 15.4.